The first kappa shape index (κ1) is 14.9. The van der Waals surface area contributed by atoms with E-state index in [0.29, 0.717) is 19.6 Å². The van der Waals surface area contributed by atoms with E-state index in [1.807, 2.05) is 0 Å². The van der Waals surface area contributed by atoms with Gasteiger partial charge in [0.2, 0.25) is 0 Å². The lowest BCUT2D eigenvalue weighted by Crippen LogP contribution is -2.34. The molecule has 1 amide bonds. The molecule has 0 radical (unpaired) electrons. The second-order valence-electron chi connectivity index (χ2n) is 3.97. The molecule has 1 aromatic rings. The van der Waals surface area contributed by atoms with Crippen molar-refractivity contribution in [2.45, 2.75) is 13.0 Å². The summed E-state index contributed by atoms with van der Waals surface area (Å²) in [5.41, 5.74) is 0.236. The second kappa shape index (κ2) is 7.35. The van der Waals surface area contributed by atoms with E-state index in [2.05, 4.69) is 26.6 Å². The summed E-state index contributed by atoms with van der Waals surface area (Å²) in [6.45, 7) is 3.16. The van der Waals surface area contributed by atoms with Crippen molar-refractivity contribution in [2.75, 3.05) is 19.6 Å². The molecule has 1 rings (SSSR count). The van der Waals surface area contributed by atoms with Crippen molar-refractivity contribution in [1.82, 2.24) is 10.6 Å². The molecule has 0 aromatic heterocycles. The van der Waals surface area contributed by atoms with Gasteiger partial charge in [0.1, 0.15) is 5.75 Å². The van der Waals surface area contributed by atoms with E-state index in [4.69, 9.17) is 5.11 Å². The molecule has 1 atom stereocenters. The number of amides is 1. The number of hydrogen-bond acceptors (Lipinski definition) is 4. The number of phenols is 1. The quantitative estimate of drug-likeness (QED) is 0.587. The van der Waals surface area contributed by atoms with Crippen molar-refractivity contribution < 1.29 is 15.0 Å². The van der Waals surface area contributed by atoms with Crippen molar-refractivity contribution in [3.63, 3.8) is 0 Å². The molecule has 6 heteroatoms. The average molecular weight is 317 g/mol. The molecular weight excluding hydrogens is 300 g/mol. The standard InChI is InChI=1S/C12H17BrN2O3/c1-8(16)7-14-4-5-15-12(18)10-6-9(13)2-3-11(10)17/h2-3,6,8,14,16-17H,4-5,7H2,1H3,(H,15,18). The largest absolute Gasteiger partial charge is 0.507 e. The van der Waals surface area contributed by atoms with E-state index in [0.717, 1.165) is 4.47 Å². The summed E-state index contributed by atoms with van der Waals surface area (Å²) in [5, 5.41) is 24.2. The minimum absolute atomic E-state index is 0.0485. The fourth-order valence-electron chi connectivity index (χ4n) is 1.36. The number of aliphatic hydroxyl groups excluding tert-OH is 1. The molecule has 0 saturated heterocycles. The first-order valence-electron chi connectivity index (χ1n) is 5.66. The normalized spacial score (nSPS) is 12.2. The van der Waals surface area contributed by atoms with Gasteiger partial charge in [0.15, 0.2) is 0 Å². The summed E-state index contributed by atoms with van der Waals surface area (Å²) < 4.78 is 0.734. The number of carbonyl (C=O) groups is 1. The van der Waals surface area contributed by atoms with Crippen molar-refractivity contribution >= 4 is 21.8 Å². The zero-order chi connectivity index (χ0) is 13.5. The Hall–Kier alpha value is -1.11. The molecule has 0 bridgehead atoms. The third-order valence-electron chi connectivity index (χ3n) is 2.23. The second-order valence-corrected chi connectivity index (χ2v) is 4.89. The van der Waals surface area contributed by atoms with Crippen LogP contribution in [0.25, 0.3) is 0 Å². The molecule has 100 valence electrons. The highest BCUT2D eigenvalue weighted by Gasteiger charge is 2.10. The van der Waals surface area contributed by atoms with Crippen LogP contribution in [0.5, 0.6) is 5.75 Å². The topological polar surface area (TPSA) is 81.6 Å². The van der Waals surface area contributed by atoms with Gasteiger partial charge in [0.25, 0.3) is 5.91 Å². The maximum Gasteiger partial charge on any atom is 0.255 e. The fraction of sp³-hybridized carbons (Fsp3) is 0.417. The Morgan fingerprint density at radius 2 is 2.17 bits per heavy atom. The fourth-order valence-corrected chi connectivity index (χ4v) is 1.72. The predicted molar refractivity (Wildman–Crippen MR) is 72.7 cm³/mol. The third kappa shape index (κ3) is 5.03. The van der Waals surface area contributed by atoms with Gasteiger partial charge in [-0.15, -0.1) is 0 Å². The van der Waals surface area contributed by atoms with Gasteiger partial charge in [-0.25, -0.2) is 0 Å². The number of phenolic OH excluding ortho intramolecular Hbond substituents is 1. The SMILES string of the molecule is CC(O)CNCCNC(=O)c1cc(Br)ccc1O. The highest BCUT2D eigenvalue weighted by Crippen LogP contribution is 2.21. The summed E-state index contributed by atoms with van der Waals surface area (Å²) in [4.78, 5) is 11.7. The van der Waals surface area contributed by atoms with Crippen LogP contribution in [0.1, 0.15) is 17.3 Å². The van der Waals surface area contributed by atoms with E-state index < -0.39 is 6.10 Å². The molecule has 1 unspecified atom stereocenters. The van der Waals surface area contributed by atoms with Crippen molar-refractivity contribution in [3.8, 4) is 5.75 Å². The third-order valence-corrected chi connectivity index (χ3v) is 2.72. The van der Waals surface area contributed by atoms with Crippen LogP contribution in [0.15, 0.2) is 22.7 Å². The van der Waals surface area contributed by atoms with Crippen LogP contribution in [-0.2, 0) is 0 Å². The van der Waals surface area contributed by atoms with Gasteiger partial charge >= 0.3 is 0 Å². The first-order chi connectivity index (χ1) is 8.50. The van der Waals surface area contributed by atoms with E-state index in [9.17, 15) is 9.90 Å². The molecule has 18 heavy (non-hydrogen) atoms. The van der Waals surface area contributed by atoms with E-state index in [-0.39, 0.29) is 17.2 Å². The number of hydrogen-bond donors (Lipinski definition) is 4. The number of carbonyl (C=O) groups excluding carboxylic acids is 1. The van der Waals surface area contributed by atoms with E-state index >= 15 is 0 Å². The van der Waals surface area contributed by atoms with E-state index in [1.165, 1.54) is 6.07 Å². The number of nitrogens with one attached hydrogen (secondary N) is 2. The molecule has 0 aliphatic heterocycles. The Bertz CT molecular complexity index is 410. The molecule has 5 nitrogen and oxygen atoms in total. The summed E-state index contributed by atoms with van der Waals surface area (Å²) in [6.07, 6.45) is -0.408. The van der Waals surface area contributed by atoms with Gasteiger partial charge in [-0.2, -0.15) is 0 Å². The molecule has 0 aliphatic rings. The lowest BCUT2D eigenvalue weighted by molar-refractivity contribution is 0.0951. The number of halogens is 1. The zero-order valence-electron chi connectivity index (χ0n) is 10.1. The summed E-state index contributed by atoms with van der Waals surface area (Å²) in [7, 11) is 0. The molecule has 4 N–H and O–H groups in total. The lowest BCUT2D eigenvalue weighted by atomic mass is 10.2. The number of rotatable bonds is 6. The Morgan fingerprint density at radius 1 is 1.44 bits per heavy atom. The minimum Gasteiger partial charge on any atom is -0.507 e. The Balaban J connectivity index is 2.39. The Morgan fingerprint density at radius 3 is 2.83 bits per heavy atom. The molecule has 1 aromatic carbocycles. The number of aromatic hydroxyl groups is 1. The highest BCUT2D eigenvalue weighted by molar-refractivity contribution is 9.10. The smallest absolute Gasteiger partial charge is 0.255 e. The first-order valence-corrected chi connectivity index (χ1v) is 6.45. The summed E-state index contributed by atoms with van der Waals surface area (Å²) in [6, 6.07) is 4.69. The van der Waals surface area contributed by atoms with Crippen molar-refractivity contribution in [1.29, 1.82) is 0 Å². The highest BCUT2D eigenvalue weighted by atomic mass is 79.9. The van der Waals surface area contributed by atoms with Gasteiger partial charge in [-0.1, -0.05) is 15.9 Å². The minimum atomic E-state index is -0.408. The number of aliphatic hydroxyl groups is 1. The van der Waals surface area contributed by atoms with Crippen LogP contribution >= 0.6 is 15.9 Å². The summed E-state index contributed by atoms with van der Waals surface area (Å²) >= 11 is 3.24. The predicted octanol–water partition coefficient (Wildman–Crippen LogP) is 0.855. The molecular formula is C12H17BrN2O3. The van der Waals surface area contributed by atoms with Crippen LogP contribution in [0.3, 0.4) is 0 Å². The van der Waals surface area contributed by atoms with Gasteiger partial charge < -0.3 is 20.8 Å². The van der Waals surface area contributed by atoms with E-state index in [1.54, 1.807) is 19.1 Å². The Labute approximate surface area is 114 Å². The molecule has 0 fully saturated rings. The zero-order valence-corrected chi connectivity index (χ0v) is 11.7. The maximum atomic E-state index is 11.7. The average Bonchev–Trinajstić information content (AvgIpc) is 2.31. The molecule has 0 spiro atoms. The van der Waals surface area contributed by atoms with Crippen LogP contribution < -0.4 is 10.6 Å². The lowest BCUT2D eigenvalue weighted by Gasteiger charge is -2.09. The van der Waals surface area contributed by atoms with Crippen molar-refractivity contribution in [2.24, 2.45) is 0 Å². The van der Waals surface area contributed by atoms with Crippen molar-refractivity contribution in [3.05, 3.63) is 28.2 Å². The number of benzene rings is 1. The van der Waals surface area contributed by atoms with Gasteiger partial charge in [0, 0.05) is 24.1 Å². The molecule has 0 aliphatic carbocycles. The summed E-state index contributed by atoms with van der Waals surface area (Å²) in [5.74, 6) is -0.375. The van der Waals surface area contributed by atoms with Crippen LogP contribution in [0, 0.1) is 0 Å². The molecule has 0 heterocycles. The van der Waals surface area contributed by atoms with Crippen LogP contribution in [0.4, 0.5) is 0 Å². The Kier molecular flexibility index (Phi) is 6.11. The molecule has 0 saturated carbocycles. The van der Waals surface area contributed by atoms with Crippen LogP contribution in [0.2, 0.25) is 0 Å². The monoisotopic (exact) mass is 316 g/mol. The van der Waals surface area contributed by atoms with Gasteiger partial charge in [-0.3, -0.25) is 4.79 Å². The van der Waals surface area contributed by atoms with Crippen LogP contribution in [-0.4, -0.2) is 41.9 Å². The van der Waals surface area contributed by atoms with Gasteiger partial charge in [0.05, 0.1) is 11.7 Å². The van der Waals surface area contributed by atoms with Gasteiger partial charge in [-0.05, 0) is 25.1 Å². The maximum absolute atomic E-state index is 11.7.